The van der Waals surface area contributed by atoms with Gasteiger partial charge in [0, 0.05) is 0 Å². The van der Waals surface area contributed by atoms with Gasteiger partial charge in [0.05, 0.1) is 11.7 Å². The van der Waals surface area contributed by atoms with Crippen molar-refractivity contribution in [3.05, 3.63) is 41.6 Å². The number of hydrogen-bond acceptors (Lipinski definition) is 3. The molecule has 1 heterocycles. The number of aromatic nitrogens is 2. The molecule has 102 valence electrons. The number of ether oxygens (including phenoxy) is 1. The maximum Gasteiger partial charge on any atom is 0.236 e. The Morgan fingerprint density at radius 3 is 2.37 bits per heavy atom. The molecule has 0 aliphatic heterocycles. The van der Waals surface area contributed by atoms with Gasteiger partial charge in [-0.2, -0.15) is 5.10 Å². The fourth-order valence-electron chi connectivity index (χ4n) is 1.97. The number of nitrogens with two attached hydrogens (primary N) is 1. The first-order valence-corrected chi connectivity index (χ1v) is 6.57. The van der Waals surface area contributed by atoms with Gasteiger partial charge in [-0.15, -0.1) is 0 Å². The van der Waals surface area contributed by atoms with Crippen LogP contribution in [-0.4, -0.2) is 9.78 Å². The van der Waals surface area contributed by atoms with E-state index in [1.807, 2.05) is 48.9 Å². The Hall–Kier alpha value is -1.97. The molecular formula is C15H21N3O. The highest BCUT2D eigenvalue weighted by atomic mass is 16.5. The molecule has 2 rings (SSSR count). The van der Waals surface area contributed by atoms with E-state index in [-0.39, 0.29) is 12.1 Å². The summed E-state index contributed by atoms with van der Waals surface area (Å²) >= 11 is 0. The fraction of sp³-hybridized carbons (Fsp3) is 0.400. The number of nitrogens with zero attached hydrogens (tertiary/aromatic N) is 2. The summed E-state index contributed by atoms with van der Waals surface area (Å²) in [6, 6.07) is 10.3. The highest BCUT2D eigenvalue weighted by Crippen LogP contribution is 2.31. The van der Waals surface area contributed by atoms with Crippen molar-refractivity contribution in [2.45, 2.75) is 39.8 Å². The Labute approximate surface area is 114 Å². The molecule has 0 radical (unpaired) electrons. The van der Waals surface area contributed by atoms with E-state index in [0.29, 0.717) is 11.6 Å². The van der Waals surface area contributed by atoms with Crippen LogP contribution in [0.25, 0.3) is 0 Å². The molecule has 2 aromatic rings. The molecule has 0 bridgehead atoms. The van der Waals surface area contributed by atoms with Crippen molar-refractivity contribution in [2.24, 2.45) is 0 Å². The van der Waals surface area contributed by atoms with Crippen LogP contribution in [0, 0.1) is 6.92 Å². The van der Waals surface area contributed by atoms with Gasteiger partial charge < -0.3 is 10.5 Å². The predicted molar refractivity (Wildman–Crippen MR) is 77.2 cm³/mol. The molecule has 0 aliphatic rings. The summed E-state index contributed by atoms with van der Waals surface area (Å²) in [6.07, 6.45) is -0.0582. The average Bonchev–Trinajstić information content (AvgIpc) is 2.68. The average molecular weight is 259 g/mol. The first-order valence-electron chi connectivity index (χ1n) is 6.57. The molecule has 19 heavy (non-hydrogen) atoms. The van der Waals surface area contributed by atoms with Gasteiger partial charge >= 0.3 is 0 Å². The van der Waals surface area contributed by atoms with Crippen molar-refractivity contribution in [3.8, 4) is 5.88 Å². The van der Waals surface area contributed by atoms with E-state index in [1.54, 1.807) is 0 Å². The standard InChI is InChI=1S/C15H21N3O/c1-10(2)18-15(14(16)11(3)17-18)19-12(4)13-8-6-5-7-9-13/h5-10,12H,16H2,1-4H3. The topological polar surface area (TPSA) is 53.1 Å². The molecule has 0 fully saturated rings. The van der Waals surface area contributed by atoms with Crippen LogP contribution in [0.1, 0.15) is 44.2 Å². The molecule has 0 saturated carbocycles. The van der Waals surface area contributed by atoms with Crippen molar-refractivity contribution >= 4 is 5.69 Å². The van der Waals surface area contributed by atoms with Gasteiger partial charge in [-0.05, 0) is 33.3 Å². The van der Waals surface area contributed by atoms with Crippen LogP contribution in [-0.2, 0) is 0 Å². The molecule has 4 heteroatoms. The molecule has 4 nitrogen and oxygen atoms in total. The zero-order valence-corrected chi connectivity index (χ0v) is 11.9. The van der Waals surface area contributed by atoms with E-state index in [9.17, 15) is 0 Å². The van der Waals surface area contributed by atoms with Gasteiger partial charge in [0.2, 0.25) is 5.88 Å². The summed E-state index contributed by atoms with van der Waals surface area (Å²) in [5, 5.41) is 4.42. The number of hydrogen-bond donors (Lipinski definition) is 1. The molecule has 0 saturated heterocycles. The number of rotatable bonds is 4. The van der Waals surface area contributed by atoms with Gasteiger partial charge in [-0.3, -0.25) is 0 Å². The van der Waals surface area contributed by atoms with Crippen LogP contribution in [0.15, 0.2) is 30.3 Å². The lowest BCUT2D eigenvalue weighted by molar-refractivity contribution is 0.200. The van der Waals surface area contributed by atoms with Gasteiger partial charge in [-0.1, -0.05) is 30.3 Å². The van der Waals surface area contributed by atoms with Gasteiger partial charge in [0.15, 0.2) is 0 Å². The van der Waals surface area contributed by atoms with E-state index in [2.05, 4.69) is 18.9 Å². The minimum absolute atomic E-state index is 0.0582. The zero-order valence-electron chi connectivity index (χ0n) is 11.9. The SMILES string of the molecule is Cc1nn(C(C)C)c(OC(C)c2ccccc2)c1N. The van der Waals surface area contributed by atoms with Crippen LogP contribution >= 0.6 is 0 Å². The second-order valence-electron chi connectivity index (χ2n) is 5.01. The summed E-state index contributed by atoms with van der Waals surface area (Å²) < 4.78 is 7.86. The van der Waals surface area contributed by atoms with Crippen LogP contribution in [0.2, 0.25) is 0 Å². The van der Waals surface area contributed by atoms with E-state index in [4.69, 9.17) is 10.5 Å². The van der Waals surface area contributed by atoms with Crippen LogP contribution in [0.5, 0.6) is 5.88 Å². The van der Waals surface area contributed by atoms with Gasteiger partial charge in [-0.25, -0.2) is 4.68 Å². The first kappa shape index (κ1) is 13.5. The Bertz CT molecular complexity index is 546. The number of anilines is 1. The monoisotopic (exact) mass is 259 g/mol. The van der Waals surface area contributed by atoms with E-state index >= 15 is 0 Å². The first-order chi connectivity index (χ1) is 9.00. The highest BCUT2D eigenvalue weighted by molar-refractivity contribution is 5.53. The smallest absolute Gasteiger partial charge is 0.236 e. The van der Waals surface area contributed by atoms with Crippen molar-refractivity contribution in [3.63, 3.8) is 0 Å². The van der Waals surface area contributed by atoms with Crippen LogP contribution in [0.4, 0.5) is 5.69 Å². The van der Waals surface area contributed by atoms with E-state index < -0.39 is 0 Å². The normalized spacial score (nSPS) is 12.7. The van der Waals surface area contributed by atoms with E-state index in [1.165, 1.54) is 0 Å². The fourth-order valence-corrected chi connectivity index (χ4v) is 1.97. The van der Waals surface area contributed by atoms with Crippen LogP contribution in [0.3, 0.4) is 0 Å². The molecule has 1 aromatic carbocycles. The molecule has 0 amide bonds. The second-order valence-corrected chi connectivity index (χ2v) is 5.01. The maximum absolute atomic E-state index is 6.06. The number of nitrogen functional groups attached to an aromatic ring is 1. The molecule has 1 atom stereocenters. The Morgan fingerprint density at radius 1 is 1.16 bits per heavy atom. The molecule has 0 spiro atoms. The Balaban J connectivity index is 2.28. The summed E-state index contributed by atoms with van der Waals surface area (Å²) in [6.45, 7) is 8.04. The highest BCUT2D eigenvalue weighted by Gasteiger charge is 2.19. The van der Waals surface area contributed by atoms with Crippen molar-refractivity contribution in [2.75, 3.05) is 5.73 Å². The molecule has 1 unspecified atom stereocenters. The number of benzene rings is 1. The minimum Gasteiger partial charge on any atom is -0.468 e. The predicted octanol–water partition coefficient (Wildman–Crippen LogP) is 3.49. The lowest BCUT2D eigenvalue weighted by atomic mass is 10.1. The van der Waals surface area contributed by atoms with Crippen molar-refractivity contribution in [1.29, 1.82) is 0 Å². The van der Waals surface area contributed by atoms with Crippen LogP contribution < -0.4 is 10.5 Å². The summed E-state index contributed by atoms with van der Waals surface area (Å²) in [5.74, 6) is 0.656. The number of aryl methyl sites for hydroxylation is 1. The lowest BCUT2D eigenvalue weighted by Gasteiger charge is -2.18. The third kappa shape index (κ3) is 2.72. The van der Waals surface area contributed by atoms with E-state index in [0.717, 1.165) is 11.3 Å². The summed E-state index contributed by atoms with van der Waals surface area (Å²) in [7, 11) is 0. The third-order valence-corrected chi connectivity index (χ3v) is 3.13. The zero-order chi connectivity index (χ0) is 14.0. The minimum atomic E-state index is -0.0582. The quantitative estimate of drug-likeness (QED) is 0.914. The largest absolute Gasteiger partial charge is 0.468 e. The van der Waals surface area contributed by atoms with Crippen molar-refractivity contribution in [1.82, 2.24) is 9.78 Å². The molecule has 1 aromatic heterocycles. The van der Waals surface area contributed by atoms with Gasteiger partial charge in [0.1, 0.15) is 11.8 Å². The Kier molecular flexibility index (Phi) is 3.79. The summed E-state index contributed by atoms with van der Waals surface area (Å²) in [5.41, 5.74) is 8.61. The van der Waals surface area contributed by atoms with Gasteiger partial charge in [0.25, 0.3) is 0 Å². The molecule has 0 aliphatic carbocycles. The second kappa shape index (κ2) is 5.34. The summed E-state index contributed by atoms with van der Waals surface area (Å²) in [4.78, 5) is 0. The molecular weight excluding hydrogens is 238 g/mol. The molecule has 2 N–H and O–H groups in total. The van der Waals surface area contributed by atoms with Crippen molar-refractivity contribution < 1.29 is 4.74 Å². The Morgan fingerprint density at radius 2 is 1.79 bits per heavy atom. The maximum atomic E-state index is 6.06. The lowest BCUT2D eigenvalue weighted by Crippen LogP contribution is -2.11. The third-order valence-electron chi connectivity index (χ3n) is 3.13.